The van der Waals surface area contributed by atoms with Crippen LogP contribution in [0.2, 0.25) is 5.02 Å². The second-order valence-corrected chi connectivity index (χ2v) is 7.01. The topological polar surface area (TPSA) is 37.6 Å². The molecule has 1 fully saturated rings. The van der Waals surface area contributed by atoms with Crippen molar-refractivity contribution in [3.63, 3.8) is 0 Å². The highest BCUT2D eigenvalue weighted by Gasteiger charge is 2.30. The summed E-state index contributed by atoms with van der Waals surface area (Å²) in [5.41, 5.74) is 4.07. The summed E-state index contributed by atoms with van der Waals surface area (Å²) in [5.74, 6) is -0.0249. The number of carbonyl (C=O) groups is 1. The average Bonchev–Trinajstić information content (AvgIpc) is 2.99. The summed E-state index contributed by atoms with van der Waals surface area (Å²) < 4.78 is 2.11. The van der Waals surface area contributed by atoms with Crippen LogP contribution in [-0.2, 0) is 4.79 Å². The van der Waals surface area contributed by atoms with Crippen molar-refractivity contribution in [2.75, 3.05) is 14.1 Å². The van der Waals surface area contributed by atoms with E-state index >= 15 is 0 Å². The molecule has 1 saturated heterocycles. The molecule has 24 heavy (non-hydrogen) atoms. The third-order valence-corrected chi connectivity index (χ3v) is 5.52. The first kappa shape index (κ1) is 16.9. The summed E-state index contributed by atoms with van der Waals surface area (Å²) >= 11 is 7.74. The van der Waals surface area contributed by atoms with E-state index < -0.39 is 0 Å². The molecule has 124 valence electrons. The molecule has 6 heteroatoms. The fraction of sp³-hybridized carbons (Fsp3) is 0.222. The molecule has 3 rings (SSSR count). The number of amidine groups is 1. The fourth-order valence-corrected chi connectivity index (χ4v) is 3.97. The quantitative estimate of drug-likeness (QED) is 0.750. The SMILES string of the molecule is CN=C1S/C(=C/c2cc(C)n(-c3ccccc3Cl)c2C)C(=O)N1C. The summed E-state index contributed by atoms with van der Waals surface area (Å²) in [5, 5.41) is 1.41. The van der Waals surface area contributed by atoms with Crippen molar-refractivity contribution in [2.45, 2.75) is 13.8 Å². The summed E-state index contributed by atoms with van der Waals surface area (Å²) in [6.45, 7) is 4.07. The van der Waals surface area contributed by atoms with E-state index in [-0.39, 0.29) is 5.91 Å². The fourth-order valence-electron chi connectivity index (χ4n) is 2.83. The van der Waals surface area contributed by atoms with Crippen molar-refractivity contribution in [2.24, 2.45) is 4.99 Å². The van der Waals surface area contributed by atoms with Crippen LogP contribution in [0.25, 0.3) is 11.8 Å². The lowest BCUT2D eigenvalue weighted by Crippen LogP contribution is -2.23. The number of aromatic nitrogens is 1. The molecule has 2 aromatic rings. The molecule has 1 aliphatic heterocycles. The number of aryl methyl sites for hydroxylation is 1. The largest absolute Gasteiger partial charge is 0.316 e. The lowest BCUT2D eigenvalue weighted by atomic mass is 10.2. The van der Waals surface area contributed by atoms with Gasteiger partial charge in [-0.1, -0.05) is 23.7 Å². The van der Waals surface area contributed by atoms with E-state index in [1.807, 2.05) is 44.2 Å². The number of aliphatic imine (C=N–C) groups is 1. The van der Waals surface area contributed by atoms with Gasteiger partial charge in [0.2, 0.25) is 0 Å². The summed E-state index contributed by atoms with van der Waals surface area (Å²) in [6, 6.07) is 9.82. The van der Waals surface area contributed by atoms with Crippen molar-refractivity contribution in [3.05, 3.63) is 57.2 Å². The molecule has 4 nitrogen and oxygen atoms in total. The Morgan fingerprint density at radius 1 is 1.25 bits per heavy atom. The van der Waals surface area contributed by atoms with Gasteiger partial charge in [-0.3, -0.25) is 14.7 Å². The minimum Gasteiger partial charge on any atom is -0.316 e. The van der Waals surface area contributed by atoms with Crippen LogP contribution < -0.4 is 0 Å². The number of rotatable bonds is 2. The highest BCUT2D eigenvalue weighted by atomic mass is 35.5. The molecule has 0 radical (unpaired) electrons. The van der Waals surface area contributed by atoms with E-state index in [2.05, 4.69) is 15.6 Å². The van der Waals surface area contributed by atoms with Crippen LogP contribution in [0.4, 0.5) is 0 Å². The maximum atomic E-state index is 12.3. The normalized spacial score (nSPS) is 18.2. The molecule has 1 aromatic carbocycles. The Morgan fingerprint density at radius 3 is 2.58 bits per heavy atom. The summed E-state index contributed by atoms with van der Waals surface area (Å²) in [7, 11) is 3.43. The van der Waals surface area contributed by atoms with Gasteiger partial charge in [0.1, 0.15) is 0 Å². The van der Waals surface area contributed by atoms with Gasteiger partial charge in [-0.15, -0.1) is 0 Å². The molecule has 1 aromatic heterocycles. The number of amides is 1. The molecule has 0 spiro atoms. The number of para-hydroxylation sites is 1. The van der Waals surface area contributed by atoms with Crippen molar-refractivity contribution >= 4 is 40.5 Å². The molecule has 0 unspecified atom stereocenters. The number of nitrogens with zero attached hydrogens (tertiary/aromatic N) is 3. The smallest absolute Gasteiger partial charge is 0.266 e. The Kier molecular flexibility index (Phi) is 4.56. The number of benzene rings is 1. The van der Waals surface area contributed by atoms with Crippen LogP contribution in [-0.4, -0.2) is 34.6 Å². The number of likely N-dealkylation sites (N-methyl/N-ethyl adjacent to an activating group) is 1. The number of hydrogen-bond donors (Lipinski definition) is 0. The summed E-state index contributed by atoms with van der Waals surface area (Å²) in [6.07, 6.45) is 1.93. The maximum Gasteiger partial charge on any atom is 0.266 e. The van der Waals surface area contributed by atoms with E-state index in [9.17, 15) is 4.79 Å². The standard InChI is InChI=1S/C18H18ClN3OS/c1-11-9-13(10-16-17(23)21(4)18(20-3)24-16)12(2)22(11)15-8-6-5-7-14(15)19/h5-10H,1-4H3/b16-10+,20-18?. The van der Waals surface area contributed by atoms with E-state index in [1.54, 1.807) is 19.0 Å². The number of hydrogen-bond acceptors (Lipinski definition) is 3. The monoisotopic (exact) mass is 359 g/mol. The van der Waals surface area contributed by atoms with Gasteiger partial charge in [0.15, 0.2) is 5.17 Å². The Labute approximate surface area is 150 Å². The van der Waals surface area contributed by atoms with E-state index in [0.29, 0.717) is 15.1 Å². The van der Waals surface area contributed by atoms with Crippen molar-refractivity contribution in [3.8, 4) is 5.69 Å². The van der Waals surface area contributed by atoms with Gasteiger partial charge in [-0.2, -0.15) is 0 Å². The molecular formula is C18H18ClN3OS. The highest BCUT2D eigenvalue weighted by molar-refractivity contribution is 8.18. The Morgan fingerprint density at radius 2 is 1.96 bits per heavy atom. The minimum absolute atomic E-state index is 0.0249. The molecule has 0 saturated carbocycles. The lowest BCUT2D eigenvalue weighted by molar-refractivity contribution is -0.121. The number of halogens is 1. The zero-order valence-corrected chi connectivity index (χ0v) is 15.6. The van der Waals surface area contributed by atoms with Crippen molar-refractivity contribution < 1.29 is 4.79 Å². The molecule has 1 aliphatic rings. The Balaban J connectivity index is 2.07. The molecule has 0 N–H and O–H groups in total. The first-order valence-corrected chi connectivity index (χ1v) is 8.71. The first-order chi connectivity index (χ1) is 11.4. The van der Waals surface area contributed by atoms with E-state index in [1.165, 1.54) is 11.8 Å². The van der Waals surface area contributed by atoms with E-state index in [0.717, 1.165) is 22.6 Å². The zero-order chi connectivity index (χ0) is 17.4. The Hall–Kier alpha value is -1.98. The highest BCUT2D eigenvalue weighted by Crippen LogP contribution is 2.33. The third-order valence-electron chi connectivity index (χ3n) is 4.05. The third kappa shape index (κ3) is 2.78. The van der Waals surface area contributed by atoms with Crippen LogP contribution >= 0.6 is 23.4 Å². The van der Waals surface area contributed by atoms with Gasteiger partial charge in [0.25, 0.3) is 5.91 Å². The molecule has 0 atom stereocenters. The Bertz CT molecular complexity index is 882. The first-order valence-electron chi connectivity index (χ1n) is 7.52. The van der Waals surface area contributed by atoms with Gasteiger partial charge < -0.3 is 4.57 Å². The number of carbonyl (C=O) groups excluding carboxylic acids is 1. The maximum absolute atomic E-state index is 12.3. The van der Waals surface area contributed by atoms with Crippen LogP contribution in [0.1, 0.15) is 17.0 Å². The van der Waals surface area contributed by atoms with Gasteiger partial charge in [0, 0.05) is 25.5 Å². The molecule has 0 bridgehead atoms. The van der Waals surface area contributed by atoms with Gasteiger partial charge in [-0.05, 0) is 55.4 Å². The predicted octanol–water partition coefficient (Wildman–Crippen LogP) is 4.28. The van der Waals surface area contributed by atoms with Crippen LogP contribution in [0.5, 0.6) is 0 Å². The molecular weight excluding hydrogens is 342 g/mol. The summed E-state index contributed by atoms with van der Waals surface area (Å²) in [4.78, 5) is 18.7. The second kappa shape index (κ2) is 6.49. The second-order valence-electron chi connectivity index (χ2n) is 5.59. The molecule has 2 heterocycles. The van der Waals surface area contributed by atoms with Crippen LogP contribution in [0.15, 0.2) is 40.2 Å². The zero-order valence-electron chi connectivity index (χ0n) is 14.0. The van der Waals surface area contributed by atoms with Gasteiger partial charge >= 0.3 is 0 Å². The van der Waals surface area contributed by atoms with Gasteiger partial charge in [-0.25, -0.2) is 0 Å². The molecule has 1 amide bonds. The molecule has 0 aliphatic carbocycles. The lowest BCUT2D eigenvalue weighted by Gasteiger charge is -2.11. The van der Waals surface area contributed by atoms with Crippen LogP contribution in [0, 0.1) is 13.8 Å². The van der Waals surface area contributed by atoms with Crippen molar-refractivity contribution in [1.82, 2.24) is 9.47 Å². The van der Waals surface area contributed by atoms with E-state index in [4.69, 9.17) is 11.6 Å². The average molecular weight is 360 g/mol. The number of thioether (sulfide) groups is 1. The van der Waals surface area contributed by atoms with Crippen LogP contribution in [0.3, 0.4) is 0 Å². The van der Waals surface area contributed by atoms with Gasteiger partial charge in [0.05, 0.1) is 15.6 Å². The van der Waals surface area contributed by atoms with Crippen molar-refractivity contribution in [1.29, 1.82) is 0 Å². The predicted molar refractivity (Wildman–Crippen MR) is 102 cm³/mol. The minimum atomic E-state index is -0.0249.